The lowest BCUT2D eigenvalue weighted by Crippen LogP contribution is -2.37. The second kappa shape index (κ2) is 3.84. The average Bonchev–Trinajstić information content (AvgIpc) is 2.55. The van der Waals surface area contributed by atoms with Crippen molar-refractivity contribution in [3.8, 4) is 0 Å². The third kappa shape index (κ3) is 2.40. The molecule has 0 aromatic carbocycles. The summed E-state index contributed by atoms with van der Waals surface area (Å²) in [7, 11) is 0. The van der Waals surface area contributed by atoms with E-state index in [1.165, 1.54) is 19.3 Å². The number of aromatic nitrogens is 1. The maximum atomic E-state index is 11.2. The predicted octanol–water partition coefficient (Wildman–Crippen LogP) is 0.382. The molecule has 0 aliphatic heterocycles. The highest BCUT2D eigenvalue weighted by Gasteiger charge is 2.14. The molecule has 5 heteroatoms. The van der Waals surface area contributed by atoms with Gasteiger partial charge in [-0.1, -0.05) is 5.16 Å². The van der Waals surface area contributed by atoms with E-state index in [-0.39, 0.29) is 11.5 Å². The number of carbonyl (C=O) groups excluding carboxylic acids is 2. The Bertz CT molecular complexity index is 305. The third-order valence-electron chi connectivity index (χ3n) is 1.63. The van der Waals surface area contributed by atoms with E-state index in [0.717, 1.165) is 0 Å². The summed E-state index contributed by atoms with van der Waals surface area (Å²) in [6, 6.07) is 0.937. The van der Waals surface area contributed by atoms with E-state index in [9.17, 15) is 9.59 Å². The van der Waals surface area contributed by atoms with Crippen LogP contribution in [0.15, 0.2) is 16.9 Å². The van der Waals surface area contributed by atoms with Crippen LogP contribution in [0.25, 0.3) is 0 Å². The van der Waals surface area contributed by atoms with Crippen LogP contribution >= 0.6 is 0 Å². The van der Waals surface area contributed by atoms with Gasteiger partial charge in [0, 0.05) is 6.07 Å². The molecule has 0 radical (unpaired) electrons. The summed E-state index contributed by atoms with van der Waals surface area (Å²) < 4.78 is 4.48. The molecule has 1 heterocycles. The Balaban J connectivity index is 2.56. The van der Waals surface area contributed by atoms with Crippen LogP contribution < -0.4 is 5.32 Å². The van der Waals surface area contributed by atoms with Gasteiger partial charge in [0.2, 0.25) is 0 Å². The number of nitrogens with one attached hydrogen (secondary N) is 1. The van der Waals surface area contributed by atoms with Crippen molar-refractivity contribution in [2.45, 2.75) is 19.9 Å². The Morgan fingerprint density at radius 3 is 2.77 bits per heavy atom. The molecule has 0 bridgehead atoms. The molecule has 1 amide bonds. The standard InChI is InChI=1S/C8H10N2O3/c1-5(6(2)11)9-8(12)7-3-4-13-10-7/h3-5H,1-2H3,(H,9,12). The molecule has 1 atom stereocenters. The smallest absolute Gasteiger partial charge is 0.274 e. The van der Waals surface area contributed by atoms with Gasteiger partial charge in [0.15, 0.2) is 11.5 Å². The number of hydrogen-bond donors (Lipinski definition) is 1. The maximum absolute atomic E-state index is 11.2. The quantitative estimate of drug-likeness (QED) is 0.733. The van der Waals surface area contributed by atoms with Gasteiger partial charge in [-0.2, -0.15) is 0 Å². The largest absolute Gasteiger partial charge is 0.364 e. The number of ketones is 1. The van der Waals surface area contributed by atoms with Crippen LogP contribution in [0.3, 0.4) is 0 Å². The summed E-state index contributed by atoms with van der Waals surface area (Å²) >= 11 is 0. The third-order valence-corrected chi connectivity index (χ3v) is 1.63. The van der Waals surface area contributed by atoms with Gasteiger partial charge in [0.05, 0.1) is 6.04 Å². The van der Waals surface area contributed by atoms with Crippen molar-refractivity contribution in [3.05, 3.63) is 18.0 Å². The Hall–Kier alpha value is -1.65. The lowest BCUT2D eigenvalue weighted by atomic mass is 10.2. The number of hydrogen-bond acceptors (Lipinski definition) is 4. The minimum Gasteiger partial charge on any atom is -0.364 e. The fourth-order valence-corrected chi connectivity index (χ4v) is 0.702. The summed E-state index contributed by atoms with van der Waals surface area (Å²) in [4.78, 5) is 22.0. The molecule has 1 unspecified atom stereocenters. The van der Waals surface area contributed by atoms with Crippen LogP contribution in [0.2, 0.25) is 0 Å². The second-order valence-electron chi connectivity index (χ2n) is 2.69. The highest BCUT2D eigenvalue weighted by molar-refractivity contribution is 5.95. The molecular formula is C8H10N2O3. The molecular weight excluding hydrogens is 172 g/mol. The molecule has 0 fully saturated rings. The minimum absolute atomic E-state index is 0.100. The van der Waals surface area contributed by atoms with Gasteiger partial charge in [-0.25, -0.2) is 0 Å². The Morgan fingerprint density at radius 2 is 2.31 bits per heavy atom. The predicted molar refractivity (Wildman–Crippen MR) is 44.1 cm³/mol. The maximum Gasteiger partial charge on any atom is 0.274 e. The number of nitrogens with zero attached hydrogens (tertiary/aromatic N) is 1. The zero-order valence-electron chi connectivity index (χ0n) is 7.40. The number of Topliss-reactive ketones (excluding diaryl/α,β-unsaturated/α-hetero) is 1. The van der Waals surface area contributed by atoms with E-state index in [2.05, 4.69) is 15.0 Å². The van der Waals surface area contributed by atoms with Crippen molar-refractivity contribution >= 4 is 11.7 Å². The normalized spacial score (nSPS) is 12.2. The van der Waals surface area contributed by atoms with Crippen LogP contribution in [-0.2, 0) is 4.79 Å². The Morgan fingerprint density at radius 1 is 1.62 bits per heavy atom. The molecule has 5 nitrogen and oxygen atoms in total. The summed E-state index contributed by atoms with van der Waals surface area (Å²) in [5, 5.41) is 5.90. The highest BCUT2D eigenvalue weighted by atomic mass is 16.5. The van der Waals surface area contributed by atoms with E-state index in [1.54, 1.807) is 6.92 Å². The molecule has 13 heavy (non-hydrogen) atoms. The fraction of sp³-hybridized carbons (Fsp3) is 0.375. The molecule has 1 aromatic rings. The SMILES string of the molecule is CC(=O)C(C)NC(=O)c1ccon1. The molecule has 0 aliphatic carbocycles. The first kappa shape index (κ1) is 9.44. The van der Waals surface area contributed by atoms with Crippen molar-refractivity contribution in [2.75, 3.05) is 0 Å². The Labute approximate surface area is 75.1 Å². The van der Waals surface area contributed by atoms with Gasteiger partial charge in [-0.3, -0.25) is 9.59 Å². The second-order valence-corrected chi connectivity index (χ2v) is 2.69. The van der Waals surface area contributed by atoms with E-state index in [1.807, 2.05) is 0 Å². The van der Waals surface area contributed by atoms with Crippen LogP contribution in [0, 0.1) is 0 Å². The van der Waals surface area contributed by atoms with Crippen LogP contribution in [0.5, 0.6) is 0 Å². The van der Waals surface area contributed by atoms with E-state index in [0.29, 0.717) is 0 Å². The van der Waals surface area contributed by atoms with Crippen molar-refractivity contribution in [1.29, 1.82) is 0 Å². The number of carbonyl (C=O) groups is 2. The first-order chi connectivity index (χ1) is 6.11. The molecule has 0 spiro atoms. The molecule has 1 N–H and O–H groups in total. The van der Waals surface area contributed by atoms with Gasteiger partial charge in [-0.05, 0) is 13.8 Å². The summed E-state index contributed by atoms with van der Waals surface area (Å²) in [5.41, 5.74) is 0.174. The van der Waals surface area contributed by atoms with Crippen molar-refractivity contribution < 1.29 is 14.1 Å². The first-order valence-corrected chi connectivity index (χ1v) is 3.83. The number of rotatable bonds is 3. The van der Waals surface area contributed by atoms with Gasteiger partial charge in [-0.15, -0.1) is 0 Å². The van der Waals surface area contributed by atoms with E-state index in [4.69, 9.17) is 0 Å². The monoisotopic (exact) mass is 182 g/mol. The molecule has 70 valence electrons. The molecule has 0 saturated heterocycles. The van der Waals surface area contributed by atoms with Gasteiger partial charge in [0.25, 0.3) is 5.91 Å². The molecule has 1 rings (SSSR count). The zero-order valence-corrected chi connectivity index (χ0v) is 7.40. The lowest BCUT2D eigenvalue weighted by Gasteiger charge is -2.07. The van der Waals surface area contributed by atoms with Crippen molar-refractivity contribution in [1.82, 2.24) is 10.5 Å². The van der Waals surface area contributed by atoms with Crippen LogP contribution in [-0.4, -0.2) is 22.9 Å². The molecule has 0 saturated carbocycles. The van der Waals surface area contributed by atoms with Crippen molar-refractivity contribution in [2.24, 2.45) is 0 Å². The minimum atomic E-state index is -0.496. The summed E-state index contributed by atoms with van der Waals surface area (Å²) in [5.74, 6) is -0.506. The highest BCUT2D eigenvalue weighted by Crippen LogP contribution is 1.95. The van der Waals surface area contributed by atoms with Crippen molar-refractivity contribution in [3.63, 3.8) is 0 Å². The molecule has 0 aliphatic rings. The van der Waals surface area contributed by atoms with E-state index < -0.39 is 11.9 Å². The van der Waals surface area contributed by atoms with Crippen LogP contribution in [0.1, 0.15) is 24.3 Å². The van der Waals surface area contributed by atoms with E-state index >= 15 is 0 Å². The van der Waals surface area contributed by atoms with Gasteiger partial charge in [0.1, 0.15) is 6.26 Å². The molecule has 1 aromatic heterocycles. The van der Waals surface area contributed by atoms with Gasteiger partial charge >= 0.3 is 0 Å². The van der Waals surface area contributed by atoms with Gasteiger partial charge < -0.3 is 9.84 Å². The summed E-state index contributed by atoms with van der Waals surface area (Å²) in [6.07, 6.45) is 1.30. The Kier molecular flexibility index (Phi) is 2.79. The lowest BCUT2D eigenvalue weighted by molar-refractivity contribution is -0.118. The topological polar surface area (TPSA) is 72.2 Å². The van der Waals surface area contributed by atoms with Crippen LogP contribution in [0.4, 0.5) is 0 Å². The average molecular weight is 182 g/mol. The zero-order chi connectivity index (χ0) is 9.84. The fourth-order valence-electron chi connectivity index (χ4n) is 0.702. The first-order valence-electron chi connectivity index (χ1n) is 3.83. The summed E-state index contributed by atoms with van der Waals surface area (Å²) in [6.45, 7) is 3.02. The number of amides is 1.